The van der Waals surface area contributed by atoms with E-state index in [1.54, 1.807) is 11.3 Å². The fourth-order valence-corrected chi connectivity index (χ4v) is 6.40. The minimum Gasteiger partial charge on any atom is -0.507 e. The molecule has 200 valence electrons. The zero-order valence-corrected chi connectivity index (χ0v) is 23.5. The quantitative estimate of drug-likeness (QED) is 0.252. The number of carbonyl (C=O) groups excluding carboxylic acids is 1. The minimum absolute atomic E-state index is 0.0111. The summed E-state index contributed by atoms with van der Waals surface area (Å²) in [5, 5.41) is 15.7. The number of nitrogens with zero attached hydrogens (tertiary/aromatic N) is 1. The number of hydrogen-bond acceptors (Lipinski definition) is 5. The molecule has 1 amide bonds. The predicted octanol–water partition coefficient (Wildman–Crippen LogP) is 6.13. The molecule has 7 heteroatoms. The van der Waals surface area contributed by atoms with Crippen LogP contribution in [0.5, 0.6) is 11.5 Å². The van der Waals surface area contributed by atoms with E-state index in [-0.39, 0.29) is 11.3 Å². The molecule has 0 radical (unpaired) electrons. The van der Waals surface area contributed by atoms with Crippen molar-refractivity contribution < 1.29 is 14.6 Å². The predicted molar refractivity (Wildman–Crippen MR) is 154 cm³/mol. The third-order valence-electron chi connectivity index (χ3n) is 8.56. The highest BCUT2D eigenvalue weighted by molar-refractivity contribution is 7.12. The Balaban J connectivity index is 1.23. The van der Waals surface area contributed by atoms with Gasteiger partial charge in [-0.05, 0) is 99.2 Å². The lowest BCUT2D eigenvalue weighted by atomic mass is 9.64. The Morgan fingerprint density at radius 3 is 2.47 bits per heavy atom. The van der Waals surface area contributed by atoms with Gasteiger partial charge in [0.05, 0.1) is 17.0 Å². The van der Waals surface area contributed by atoms with Crippen LogP contribution in [0.4, 0.5) is 5.69 Å². The third-order valence-corrected chi connectivity index (χ3v) is 9.46. The van der Waals surface area contributed by atoms with Gasteiger partial charge in [0.2, 0.25) is 5.91 Å². The molecule has 0 spiro atoms. The van der Waals surface area contributed by atoms with Gasteiger partial charge in [-0.3, -0.25) is 4.79 Å². The summed E-state index contributed by atoms with van der Waals surface area (Å²) in [6.07, 6.45) is 5.08. The van der Waals surface area contributed by atoms with Gasteiger partial charge < -0.3 is 20.9 Å². The summed E-state index contributed by atoms with van der Waals surface area (Å²) < 4.78 is 6.47. The largest absolute Gasteiger partial charge is 0.507 e. The Morgan fingerprint density at radius 2 is 1.84 bits per heavy atom. The van der Waals surface area contributed by atoms with Crippen molar-refractivity contribution in [3.8, 4) is 11.5 Å². The molecule has 4 N–H and O–H groups in total. The Hall–Kier alpha value is -3.32. The number of phenolic OH excluding ortho intramolecular Hbond substituents is 1. The number of phenols is 1. The van der Waals surface area contributed by atoms with Gasteiger partial charge in [0.1, 0.15) is 22.9 Å². The highest BCUT2D eigenvalue weighted by Gasteiger charge is 2.40. The minimum atomic E-state index is -0.577. The first-order valence-electron chi connectivity index (χ1n) is 13.4. The van der Waals surface area contributed by atoms with E-state index in [1.807, 2.05) is 57.3 Å². The molecule has 38 heavy (non-hydrogen) atoms. The molecule has 3 aromatic rings. The molecular formula is C31H37N3O3S. The van der Waals surface area contributed by atoms with Gasteiger partial charge in [-0.1, -0.05) is 24.6 Å². The number of amidine groups is 1. The topological polar surface area (TPSA) is 96.9 Å². The highest BCUT2D eigenvalue weighted by atomic mass is 32.1. The highest BCUT2D eigenvalue weighted by Crippen LogP contribution is 2.45. The molecular weight excluding hydrogens is 494 g/mol. The van der Waals surface area contributed by atoms with Crippen molar-refractivity contribution in [2.45, 2.75) is 77.2 Å². The number of thiophene rings is 1. The molecule has 0 saturated heterocycles. The SMILES string of the molecule is Cc1c(C)c2c(c(C)c1O)CCC(C)(CC(=O)NCC1(c3ccc(N=C(N)c4cccs4)cc3)CCC1)O2. The van der Waals surface area contributed by atoms with Gasteiger partial charge in [0, 0.05) is 17.5 Å². The number of rotatable bonds is 7. The molecule has 2 aliphatic rings. The molecule has 1 aliphatic heterocycles. The van der Waals surface area contributed by atoms with Gasteiger partial charge in [-0.15, -0.1) is 11.3 Å². The maximum Gasteiger partial charge on any atom is 0.224 e. The normalized spacial score (nSPS) is 20.3. The zero-order chi connectivity index (χ0) is 27.1. The second kappa shape index (κ2) is 10.1. The summed E-state index contributed by atoms with van der Waals surface area (Å²) >= 11 is 1.58. The first-order chi connectivity index (χ1) is 18.1. The summed E-state index contributed by atoms with van der Waals surface area (Å²) in [5.74, 6) is 1.72. The number of aliphatic imine (C=N–C) groups is 1. The number of fused-ring (bicyclic) bond motifs is 1. The van der Waals surface area contributed by atoms with Gasteiger partial charge in [-0.25, -0.2) is 4.99 Å². The molecule has 1 saturated carbocycles. The van der Waals surface area contributed by atoms with Crippen molar-refractivity contribution in [1.82, 2.24) is 5.32 Å². The lowest BCUT2D eigenvalue weighted by molar-refractivity contribution is -0.125. The summed E-state index contributed by atoms with van der Waals surface area (Å²) in [4.78, 5) is 18.7. The molecule has 0 bridgehead atoms. The zero-order valence-electron chi connectivity index (χ0n) is 22.7. The molecule has 1 aromatic heterocycles. The maximum absolute atomic E-state index is 13.1. The van der Waals surface area contributed by atoms with Crippen LogP contribution < -0.4 is 15.8 Å². The molecule has 1 atom stereocenters. The first kappa shape index (κ1) is 26.3. The van der Waals surface area contributed by atoms with Crippen LogP contribution in [-0.4, -0.2) is 29.0 Å². The third kappa shape index (κ3) is 4.92. The molecule has 5 rings (SSSR count). The maximum atomic E-state index is 13.1. The first-order valence-corrected chi connectivity index (χ1v) is 14.2. The smallest absolute Gasteiger partial charge is 0.224 e. The van der Waals surface area contributed by atoms with Crippen LogP contribution in [0.2, 0.25) is 0 Å². The Bertz CT molecular complexity index is 1370. The van der Waals surface area contributed by atoms with E-state index in [0.717, 1.165) is 70.7 Å². The van der Waals surface area contributed by atoms with E-state index in [9.17, 15) is 9.90 Å². The number of hydrogen-bond donors (Lipinski definition) is 3. The van der Waals surface area contributed by atoms with E-state index in [0.29, 0.717) is 24.6 Å². The molecule has 2 aromatic carbocycles. The van der Waals surface area contributed by atoms with E-state index in [2.05, 4.69) is 22.4 Å². The average Bonchev–Trinajstić information content (AvgIpc) is 3.41. The van der Waals surface area contributed by atoms with Crippen LogP contribution in [0.1, 0.15) is 71.7 Å². The molecule has 2 heterocycles. The van der Waals surface area contributed by atoms with E-state index >= 15 is 0 Å². The van der Waals surface area contributed by atoms with Crippen LogP contribution in [0.15, 0.2) is 46.8 Å². The van der Waals surface area contributed by atoms with Crippen LogP contribution in [-0.2, 0) is 16.6 Å². The summed E-state index contributed by atoms with van der Waals surface area (Å²) in [6, 6.07) is 12.2. The van der Waals surface area contributed by atoms with Crippen molar-refractivity contribution in [2.75, 3.05) is 6.54 Å². The molecule has 1 unspecified atom stereocenters. The van der Waals surface area contributed by atoms with E-state index in [4.69, 9.17) is 10.5 Å². The van der Waals surface area contributed by atoms with Gasteiger partial charge >= 0.3 is 0 Å². The Labute approximate surface area is 229 Å². The summed E-state index contributed by atoms with van der Waals surface area (Å²) in [5.41, 5.74) is 11.3. The monoisotopic (exact) mass is 531 g/mol. The number of carbonyl (C=O) groups is 1. The number of nitrogens with two attached hydrogens (primary N) is 1. The molecule has 6 nitrogen and oxygen atoms in total. The standard InChI is InChI=1S/C31H37N3O3S/c1-19-20(2)28-24(21(3)27(19)36)12-15-30(4,37-28)17-26(35)33-18-31(13-6-14-31)22-8-10-23(11-9-22)34-29(32)25-7-5-16-38-25/h5,7-11,16,36H,6,12-15,17-18H2,1-4H3,(H2,32,34)(H,33,35). The number of benzene rings is 2. The molecule has 1 fully saturated rings. The van der Waals surface area contributed by atoms with Crippen molar-refractivity contribution in [1.29, 1.82) is 0 Å². The van der Waals surface area contributed by atoms with Gasteiger partial charge in [0.15, 0.2) is 0 Å². The lowest BCUT2D eigenvalue weighted by Gasteiger charge is -2.43. The van der Waals surface area contributed by atoms with Crippen LogP contribution in [0.25, 0.3) is 0 Å². The van der Waals surface area contributed by atoms with Crippen molar-refractivity contribution in [3.63, 3.8) is 0 Å². The van der Waals surface area contributed by atoms with Crippen LogP contribution in [0.3, 0.4) is 0 Å². The van der Waals surface area contributed by atoms with Crippen LogP contribution >= 0.6 is 11.3 Å². The Morgan fingerprint density at radius 1 is 1.11 bits per heavy atom. The van der Waals surface area contributed by atoms with Crippen LogP contribution in [0, 0.1) is 20.8 Å². The number of ether oxygens (including phenoxy) is 1. The lowest BCUT2D eigenvalue weighted by Crippen LogP contribution is -2.48. The molecule has 1 aliphatic carbocycles. The second-order valence-corrected chi connectivity index (χ2v) is 12.1. The van der Waals surface area contributed by atoms with E-state index in [1.165, 1.54) is 5.56 Å². The number of nitrogens with one attached hydrogen (secondary N) is 1. The fourth-order valence-electron chi connectivity index (χ4n) is 5.77. The van der Waals surface area contributed by atoms with Gasteiger partial charge in [-0.2, -0.15) is 0 Å². The Kier molecular flexibility index (Phi) is 6.99. The number of aromatic hydroxyl groups is 1. The fraction of sp³-hybridized carbons (Fsp3) is 0.419. The van der Waals surface area contributed by atoms with Crippen molar-refractivity contribution >= 4 is 28.8 Å². The van der Waals surface area contributed by atoms with Gasteiger partial charge in [0.25, 0.3) is 0 Å². The number of amides is 1. The second-order valence-electron chi connectivity index (χ2n) is 11.2. The summed E-state index contributed by atoms with van der Waals surface area (Å²) in [7, 11) is 0. The summed E-state index contributed by atoms with van der Waals surface area (Å²) in [6.45, 7) is 8.47. The average molecular weight is 532 g/mol. The van der Waals surface area contributed by atoms with E-state index < -0.39 is 5.60 Å². The van der Waals surface area contributed by atoms with Crippen molar-refractivity contribution in [3.05, 3.63) is 74.5 Å². The van der Waals surface area contributed by atoms with Crippen molar-refractivity contribution in [2.24, 2.45) is 10.7 Å².